The second-order valence-electron chi connectivity index (χ2n) is 2.98. The third-order valence-corrected chi connectivity index (χ3v) is 2.83. The van der Waals surface area contributed by atoms with Gasteiger partial charge in [0.05, 0.1) is 12.8 Å². The molecule has 0 unspecified atom stereocenters. The summed E-state index contributed by atoms with van der Waals surface area (Å²) in [5.74, 6) is -0.262. The molecule has 0 N–H and O–H groups in total. The van der Waals surface area contributed by atoms with Crippen molar-refractivity contribution in [2.45, 2.75) is 6.92 Å². The molecule has 0 spiro atoms. The molecule has 72 valence electrons. The van der Waals surface area contributed by atoms with Gasteiger partial charge in [0.1, 0.15) is 4.88 Å². The fourth-order valence-electron chi connectivity index (χ4n) is 1.23. The lowest BCUT2D eigenvalue weighted by atomic mass is 10.2. The monoisotopic (exact) mass is 199 g/mol. The number of methoxy groups -OCH3 is 1. The Morgan fingerprint density at radius 1 is 1.54 bits per heavy atom. The van der Waals surface area contributed by atoms with E-state index in [2.05, 4.69) is 4.74 Å². The maximum Gasteiger partial charge on any atom is 0.350 e. The van der Waals surface area contributed by atoms with Gasteiger partial charge >= 0.3 is 5.97 Å². The van der Waals surface area contributed by atoms with E-state index in [1.807, 2.05) is 31.3 Å². The highest BCUT2D eigenvalue weighted by molar-refractivity contribution is 7.12. The molecular weight excluding hydrogens is 186 g/mol. The number of rotatable bonds is 2. The van der Waals surface area contributed by atoms with Crippen LogP contribution in [0.15, 0.2) is 5.38 Å². The van der Waals surface area contributed by atoms with Crippen molar-refractivity contribution in [3.05, 3.63) is 15.8 Å². The van der Waals surface area contributed by atoms with E-state index in [0.717, 1.165) is 11.3 Å². The van der Waals surface area contributed by atoms with Gasteiger partial charge < -0.3 is 9.64 Å². The van der Waals surface area contributed by atoms with E-state index in [1.54, 1.807) is 0 Å². The zero-order valence-corrected chi connectivity index (χ0v) is 9.07. The Kier molecular flexibility index (Phi) is 2.93. The second-order valence-corrected chi connectivity index (χ2v) is 3.86. The van der Waals surface area contributed by atoms with E-state index >= 15 is 0 Å². The highest BCUT2D eigenvalue weighted by Crippen LogP contribution is 2.30. The van der Waals surface area contributed by atoms with Crippen LogP contribution in [0.3, 0.4) is 0 Å². The summed E-state index contributed by atoms with van der Waals surface area (Å²) in [4.78, 5) is 13.9. The van der Waals surface area contributed by atoms with Crippen molar-refractivity contribution < 1.29 is 9.53 Å². The zero-order valence-electron chi connectivity index (χ0n) is 8.25. The Hall–Kier alpha value is -1.03. The standard InChI is InChI=1S/C9H13NO2S/c1-6-5-13-8(9(11)12-4)7(6)10(2)3/h5H,1-4H3. The lowest BCUT2D eigenvalue weighted by Gasteiger charge is -2.13. The molecule has 1 rings (SSSR count). The van der Waals surface area contributed by atoms with Crippen LogP contribution in [0.25, 0.3) is 0 Å². The number of ether oxygens (including phenoxy) is 1. The van der Waals surface area contributed by atoms with E-state index in [1.165, 1.54) is 18.4 Å². The van der Waals surface area contributed by atoms with Crippen LogP contribution in [0, 0.1) is 6.92 Å². The number of carbonyl (C=O) groups is 1. The SMILES string of the molecule is COC(=O)c1scc(C)c1N(C)C. The van der Waals surface area contributed by atoms with Crippen LogP contribution in [-0.2, 0) is 4.74 Å². The number of nitrogens with zero attached hydrogens (tertiary/aromatic N) is 1. The summed E-state index contributed by atoms with van der Waals surface area (Å²) in [7, 11) is 5.24. The van der Waals surface area contributed by atoms with Crippen LogP contribution in [0.4, 0.5) is 5.69 Å². The normalized spacial score (nSPS) is 9.85. The molecule has 4 heteroatoms. The Morgan fingerprint density at radius 3 is 2.62 bits per heavy atom. The smallest absolute Gasteiger partial charge is 0.350 e. The van der Waals surface area contributed by atoms with Crippen molar-refractivity contribution in [3.63, 3.8) is 0 Å². The highest BCUT2D eigenvalue weighted by Gasteiger charge is 2.17. The van der Waals surface area contributed by atoms with Crippen LogP contribution in [0.1, 0.15) is 15.2 Å². The summed E-state index contributed by atoms with van der Waals surface area (Å²) < 4.78 is 4.69. The summed E-state index contributed by atoms with van der Waals surface area (Å²) in [5, 5.41) is 1.96. The van der Waals surface area contributed by atoms with Crippen molar-refractivity contribution in [1.82, 2.24) is 0 Å². The van der Waals surface area contributed by atoms with Gasteiger partial charge in [-0.1, -0.05) is 0 Å². The van der Waals surface area contributed by atoms with Crippen molar-refractivity contribution in [2.24, 2.45) is 0 Å². The molecule has 0 amide bonds. The van der Waals surface area contributed by atoms with Crippen molar-refractivity contribution in [3.8, 4) is 0 Å². The molecular formula is C9H13NO2S. The fourth-order valence-corrected chi connectivity index (χ4v) is 2.27. The first-order valence-corrected chi connectivity index (χ1v) is 4.79. The molecule has 0 aliphatic carbocycles. The molecule has 0 aliphatic heterocycles. The van der Waals surface area contributed by atoms with Crippen LogP contribution in [0.2, 0.25) is 0 Å². The van der Waals surface area contributed by atoms with E-state index in [-0.39, 0.29) is 5.97 Å². The molecule has 0 atom stereocenters. The molecule has 1 aromatic rings. The average Bonchev–Trinajstić information content (AvgIpc) is 2.45. The molecule has 1 heterocycles. The Morgan fingerprint density at radius 2 is 2.15 bits per heavy atom. The molecule has 0 aliphatic rings. The highest BCUT2D eigenvalue weighted by atomic mass is 32.1. The molecule has 1 aromatic heterocycles. The maximum atomic E-state index is 11.3. The van der Waals surface area contributed by atoms with Crippen LogP contribution in [0.5, 0.6) is 0 Å². The molecule has 0 aromatic carbocycles. The van der Waals surface area contributed by atoms with E-state index < -0.39 is 0 Å². The van der Waals surface area contributed by atoms with Crippen LogP contribution in [-0.4, -0.2) is 27.2 Å². The molecule has 0 radical (unpaired) electrons. The van der Waals surface area contributed by atoms with Gasteiger partial charge in [-0.05, 0) is 17.9 Å². The lowest BCUT2D eigenvalue weighted by Crippen LogP contribution is -2.13. The Balaban J connectivity index is 3.15. The minimum atomic E-state index is -0.262. The molecule has 13 heavy (non-hydrogen) atoms. The van der Waals surface area contributed by atoms with Gasteiger partial charge in [-0.3, -0.25) is 0 Å². The molecule has 0 bridgehead atoms. The number of hydrogen-bond donors (Lipinski definition) is 0. The second kappa shape index (κ2) is 3.79. The average molecular weight is 199 g/mol. The predicted molar refractivity (Wildman–Crippen MR) is 54.7 cm³/mol. The topological polar surface area (TPSA) is 29.5 Å². The third-order valence-electron chi connectivity index (χ3n) is 1.76. The number of thiophene rings is 1. The number of anilines is 1. The third kappa shape index (κ3) is 1.83. The molecule has 0 saturated carbocycles. The summed E-state index contributed by atoms with van der Waals surface area (Å²) >= 11 is 1.42. The van der Waals surface area contributed by atoms with Gasteiger partial charge in [0.15, 0.2) is 0 Å². The van der Waals surface area contributed by atoms with Crippen molar-refractivity contribution >= 4 is 23.0 Å². The van der Waals surface area contributed by atoms with Gasteiger partial charge in [0.2, 0.25) is 0 Å². The van der Waals surface area contributed by atoms with Crippen LogP contribution < -0.4 is 4.90 Å². The molecule has 3 nitrogen and oxygen atoms in total. The minimum absolute atomic E-state index is 0.262. The first kappa shape index (κ1) is 10.1. The number of esters is 1. The van der Waals surface area contributed by atoms with Gasteiger partial charge in [-0.2, -0.15) is 0 Å². The minimum Gasteiger partial charge on any atom is -0.465 e. The lowest BCUT2D eigenvalue weighted by molar-refractivity contribution is 0.0607. The van der Waals surface area contributed by atoms with Gasteiger partial charge in [-0.25, -0.2) is 4.79 Å². The zero-order chi connectivity index (χ0) is 10.0. The first-order valence-electron chi connectivity index (χ1n) is 3.91. The summed E-state index contributed by atoms with van der Waals surface area (Å²) in [5.41, 5.74) is 2.06. The van der Waals surface area contributed by atoms with Gasteiger partial charge in [-0.15, -0.1) is 11.3 Å². The Labute approximate surface area is 81.9 Å². The summed E-state index contributed by atoms with van der Waals surface area (Å²) in [6, 6.07) is 0. The van der Waals surface area contributed by atoms with Gasteiger partial charge in [0.25, 0.3) is 0 Å². The van der Waals surface area contributed by atoms with Gasteiger partial charge in [0, 0.05) is 14.1 Å². The largest absolute Gasteiger partial charge is 0.465 e. The first-order chi connectivity index (χ1) is 6.07. The van der Waals surface area contributed by atoms with Crippen LogP contribution >= 0.6 is 11.3 Å². The maximum absolute atomic E-state index is 11.3. The predicted octanol–water partition coefficient (Wildman–Crippen LogP) is 1.91. The quantitative estimate of drug-likeness (QED) is 0.681. The van der Waals surface area contributed by atoms with E-state index in [9.17, 15) is 4.79 Å². The van der Waals surface area contributed by atoms with Crippen molar-refractivity contribution in [2.75, 3.05) is 26.1 Å². The summed E-state index contributed by atoms with van der Waals surface area (Å²) in [6.45, 7) is 1.98. The van der Waals surface area contributed by atoms with E-state index in [0.29, 0.717) is 4.88 Å². The summed E-state index contributed by atoms with van der Waals surface area (Å²) in [6.07, 6.45) is 0. The number of aryl methyl sites for hydroxylation is 1. The molecule has 0 fully saturated rings. The van der Waals surface area contributed by atoms with Crippen molar-refractivity contribution in [1.29, 1.82) is 0 Å². The van der Waals surface area contributed by atoms with E-state index in [4.69, 9.17) is 0 Å². The number of carbonyl (C=O) groups excluding carboxylic acids is 1. The molecule has 0 saturated heterocycles. The Bertz CT molecular complexity index is 317. The fraction of sp³-hybridized carbons (Fsp3) is 0.444. The number of hydrogen-bond acceptors (Lipinski definition) is 4.